The molecule has 0 atom stereocenters. The lowest BCUT2D eigenvalue weighted by Crippen LogP contribution is -2.12. The second-order valence-corrected chi connectivity index (χ2v) is 3.48. The molecule has 0 saturated heterocycles. The fourth-order valence-corrected chi connectivity index (χ4v) is 1.52. The molecule has 0 unspecified atom stereocenters. The third-order valence-corrected chi connectivity index (χ3v) is 2.20. The predicted octanol–water partition coefficient (Wildman–Crippen LogP) is 1.43. The summed E-state index contributed by atoms with van der Waals surface area (Å²) in [5.74, 6) is 0.276. The van der Waals surface area contributed by atoms with Crippen LogP contribution in [0.5, 0.6) is 0 Å². The maximum Gasteiger partial charge on any atom is 0.276 e. The molecule has 1 amide bonds. The van der Waals surface area contributed by atoms with Crippen LogP contribution < -0.4 is 5.32 Å². The van der Waals surface area contributed by atoms with E-state index < -0.39 is 0 Å². The van der Waals surface area contributed by atoms with Crippen molar-refractivity contribution in [2.75, 3.05) is 5.32 Å². The molecule has 0 aromatic carbocycles. The Kier molecular flexibility index (Phi) is 2.28. The molecule has 0 radical (unpaired) electrons. The van der Waals surface area contributed by atoms with Crippen molar-refractivity contribution in [3.05, 3.63) is 28.3 Å². The molecule has 2 heterocycles. The number of aromatic amines is 1. The lowest BCUT2D eigenvalue weighted by molar-refractivity contribution is 0.102. The first-order valence-electron chi connectivity index (χ1n) is 3.97. The Balaban J connectivity index is 2.09. The summed E-state index contributed by atoms with van der Waals surface area (Å²) < 4.78 is 0. The molecular weight excluding hydrogens is 200 g/mol. The van der Waals surface area contributed by atoms with E-state index in [9.17, 15) is 4.79 Å². The number of H-pyrrole nitrogens is 1. The van der Waals surface area contributed by atoms with Crippen LogP contribution in [0.25, 0.3) is 0 Å². The zero-order chi connectivity index (χ0) is 9.97. The van der Waals surface area contributed by atoms with Gasteiger partial charge in [0, 0.05) is 17.1 Å². The van der Waals surface area contributed by atoms with E-state index in [1.54, 1.807) is 17.0 Å². The highest BCUT2D eigenvalue weighted by Gasteiger charge is 2.08. The number of carbonyl (C=O) groups is 1. The van der Waals surface area contributed by atoms with E-state index in [4.69, 9.17) is 0 Å². The van der Waals surface area contributed by atoms with E-state index in [2.05, 4.69) is 20.5 Å². The zero-order valence-electron chi connectivity index (χ0n) is 7.44. The minimum absolute atomic E-state index is 0.238. The van der Waals surface area contributed by atoms with Crippen LogP contribution in [0.1, 0.15) is 16.2 Å². The molecule has 0 fully saturated rings. The van der Waals surface area contributed by atoms with Crippen molar-refractivity contribution >= 4 is 23.1 Å². The van der Waals surface area contributed by atoms with Gasteiger partial charge in [0.25, 0.3) is 5.91 Å². The average molecular weight is 208 g/mol. The number of nitrogens with zero attached hydrogens (tertiary/aromatic N) is 2. The molecule has 2 rings (SSSR count). The molecular formula is C8H8N4OS. The predicted molar refractivity (Wildman–Crippen MR) is 53.4 cm³/mol. The molecule has 0 aliphatic carbocycles. The van der Waals surface area contributed by atoms with Gasteiger partial charge in [0.15, 0.2) is 5.82 Å². The van der Waals surface area contributed by atoms with Crippen molar-refractivity contribution in [3.63, 3.8) is 0 Å². The van der Waals surface area contributed by atoms with Crippen LogP contribution in [0.15, 0.2) is 17.0 Å². The number of rotatable bonds is 2. The lowest BCUT2D eigenvalue weighted by Gasteiger charge is -1.96. The summed E-state index contributed by atoms with van der Waals surface area (Å²) in [6, 6.07) is 1.75. The molecule has 0 spiro atoms. The quantitative estimate of drug-likeness (QED) is 0.784. The summed E-state index contributed by atoms with van der Waals surface area (Å²) in [6.45, 7) is 1.87. The number of hydrogen-bond donors (Lipinski definition) is 2. The maximum atomic E-state index is 11.5. The minimum atomic E-state index is -0.238. The topological polar surface area (TPSA) is 70.7 Å². The normalized spacial score (nSPS) is 10.1. The second kappa shape index (κ2) is 3.59. The maximum absolute atomic E-state index is 11.5. The van der Waals surface area contributed by atoms with Gasteiger partial charge in [0.05, 0.1) is 5.51 Å². The molecule has 0 saturated carbocycles. The summed E-state index contributed by atoms with van der Waals surface area (Å²) in [5, 5.41) is 10.9. The van der Waals surface area contributed by atoms with Crippen LogP contribution in [0, 0.1) is 6.92 Å². The van der Waals surface area contributed by atoms with Gasteiger partial charge in [-0.05, 0) is 6.92 Å². The van der Waals surface area contributed by atoms with Crippen LogP contribution in [0.4, 0.5) is 5.82 Å². The third-order valence-electron chi connectivity index (χ3n) is 1.61. The Morgan fingerprint density at radius 3 is 3.07 bits per heavy atom. The number of thiazole rings is 1. The van der Waals surface area contributed by atoms with E-state index in [1.165, 1.54) is 11.3 Å². The van der Waals surface area contributed by atoms with Gasteiger partial charge in [-0.15, -0.1) is 11.3 Å². The molecule has 6 heteroatoms. The second-order valence-electron chi connectivity index (χ2n) is 2.76. The molecule has 0 aliphatic heterocycles. The minimum Gasteiger partial charge on any atom is -0.304 e. The van der Waals surface area contributed by atoms with E-state index in [-0.39, 0.29) is 5.91 Å². The Labute approximate surface area is 84.2 Å². The lowest BCUT2D eigenvalue weighted by atomic mass is 10.4. The van der Waals surface area contributed by atoms with E-state index in [0.717, 1.165) is 5.69 Å². The summed E-state index contributed by atoms with van der Waals surface area (Å²) >= 11 is 1.38. The fourth-order valence-electron chi connectivity index (χ4n) is 0.987. The molecule has 0 aliphatic rings. The highest BCUT2D eigenvalue weighted by atomic mass is 32.1. The van der Waals surface area contributed by atoms with Crippen molar-refractivity contribution in [1.82, 2.24) is 15.2 Å². The smallest absolute Gasteiger partial charge is 0.276 e. The number of amides is 1. The number of anilines is 1. The van der Waals surface area contributed by atoms with Crippen LogP contribution in [-0.4, -0.2) is 21.1 Å². The monoisotopic (exact) mass is 208 g/mol. The molecule has 2 aromatic rings. The van der Waals surface area contributed by atoms with E-state index in [1.807, 2.05) is 6.92 Å². The van der Waals surface area contributed by atoms with Crippen LogP contribution in [0.3, 0.4) is 0 Å². The van der Waals surface area contributed by atoms with Crippen LogP contribution >= 0.6 is 11.3 Å². The van der Waals surface area contributed by atoms with Gasteiger partial charge >= 0.3 is 0 Å². The molecule has 2 aromatic heterocycles. The van der Waals surface area contributed by atoms with E-state index in [0.29, 0.717) is 11.5 Å². The van der Waals surface area contributed by atoms with Gasteiger partial charge < -0.3 is 5.32 Å². The van der Waals surface area contributed by atoms with Gasteiger partial charge in [0.1, 0.15) is 5.69 Å². The Bertz CT molecular complexity index is 434. The van der Waals surface area contributed by atoms with Crippen molar-refractivity contribution in [3.8, 4) is 0 Å². The van der Waals surface area contributed by atoms with Gasteiger partial charge in [-0.1, -0.05) is 0 Å². The molecule has 72 valence electrons. The highest BCUT2D eigenvalue weighted by molar-refractivity contribution is 7.07. The van der Waals surface area contributed by atoms with Crippen LogP contribution in [-0.2, 0) is 0 Å². The first-order chi connectivity index (χ1) is 6.75. The standard InChI is InChI=1S/C8H8N4OS/c1-5-2-7(12-11-5)10-8(13)6-3-14-4-9-6/h2-4H,1H3,(H2,10,11,12,13). The van der Waals surface area contributed by atoms with Gasteiger partial charge in [-0.2, -0.15) is 5.10 Å². The summed E-state index contributed by atoms with van der Waals surface area (Å²) in [4.78, 5) is 15.4. The summed E-state index contributed by atoms with van der Waals surface area (Å²) in [5.41, 5.74) is 2.93. The third kappa shape index (κ3) is 1.80. The summed E-state index contributed by atoms with van der Waals surface area (Å²) in [7, 11) is 0. The Hall–Kier alpha value is -1.69. The first-order valence-corrected chi connectivity index (χ1v) is 4.91. The Morgan fingerprint density at radius 2 is 2.50 bits per heavy atom. The first kappa shape index (κ1) is 8.89. The average Bonchev–Trinajstić information content (AvgIpc) is 2.75. The molecule has 14 heavy (non-hydrogen) atoms. The van der Waals surface area contributed by atoms with Crippen LogP contribution in [0.2, 0.25) is 0 Å². The number of hydrogen-bond acceptors (Lipinski definition) is 4. The largest absolute Gasteiger partial charge is 0.304 e. The number of aryl methyl sites for hydroxylation is 1. The fraction of sp³-hybridized carbons (Fsp3) is 0.125. The van der Waals surface area contributed by atoms with E-state index >= 15 is 0 Å². The zero-order valence-corrected chi connectivity index (χ0v) is 8.26. The summed E-state index contributed by atoms with van der Waals surface area (Å²) in [6.07, 6.45) is 0. The van der Waals surface area contributed by atoms with Gasteiger partial charge in [-0.3, -0.25) is 9.89 Å². The van der Waals surface area contributed by atoms with Crippen molar-refractivity contribution in [1.29, 1.82) is 0 Å². The van der Waals surface area contributed by atoms with Crippen molar-refractivity contribution in [2.45, 2.75) is 6.92 Å². The number of nitrogens with one attached hydrogen (secondary N) is 2. The highest BCUT2D eigenvalue weighted by Crippen LogP contribution is 2.07. The van der Waals surface area contributed by atoms with Crippen molar-refractivity contribution in [2.24, 2.45) is 0 Å². The molecule has 2 N–H and O–H groups in total. The molecule has 5 nitrogen and oxygen atoms in total. The molecule has 0 bridgehead atoms. The number of carbonyl (C=O) groups excluding carboxylic acids is 1. The van der Waals surface area contributed by atoms with Crippen molar-refractivity contribution < 1.29 is 4.79 Å². The number of aromatic nitrogens is 3. The Morgan fingerprint density at radius 1 is 1.64 bits per heavy atom. The van der Waals surface area contributed by atoms with Gasteiger partial charge in [-0.25, -0.2) is 4.98 Å². The SMILES string of the molecule is Cc1cc(NC(=O)c2cscn2)n[nH]1. The van der Waals surface area contributed by atoms with Gasteiger partial charge in [0.2, 0.25) is 0 Å².